The van der Waals surface area contributed by atoms with E-state index < -0.39 is 16.8 Å². The zero-order valence-electron chi connectivity index (χ0n) is 15.5. The third kappa shape index (κ3) is 2.42. The Labute approximate surface area is 175 Å². The minimum absolute atomic E-state index is 0.167. The molecule has 1 fully saturated rings. The Kier molecular flexibility index (Phi) is 4.30. The van der Waals surface area contributed by atoms with Crippen LogP contribution in [0.15, 0.2) is 52.1 Å². The number of halogens is 1. The molecule has 1 amide bonds. The molecule has 2 aliphatic rings. The zero-order valence-corrected chi connectivity index (χ0v) is 17.9. The van der Waals surface area contributed by atoms with Crippen molar-refractivity contribution in [3.63, 3.8) is 0 Å². The molecular formula is C21H20BrN3O2S. The molecule has 5 rings (SSSR count). The van der Waals surface area contributed by atoms with Gasteiger partial charge in [-0.25, -0.2) is 4.98 Å². The molecular weight excluding hydrogens is 438 g/mol. The Bertz CT molecular complexity index is 1080. The van der Waals surface area contributed by atoms with Gasteiger partial charge in [-0.1, -0.05) is 37.5 Å². The lowest BCUT2D eigenvalue weighted by molar-refractivity contribution is -0.124. The summed E-state index contributed by atoms with van der Waals surface area (Å²) in [6.07, 6.45) is 8.60. The molecule has 0 radical (unpaired) electrons. The molecule has 0 saturated heterocycles. The number of amides is 1. The average Bonchev–Trinajstić information content (AvgIpc) is 3.17. The molecule has 5 nitrogen and oxygen atoms in total. The van der Waals surface area contributed by atoms with Gasteiger partial charge >= 0.3 is 0 Å². The maximum absolute atomic E-state index is 13.3. The van der Waals surface area contributed by atoms with Crippen molar-refractivity contribution < 1.29 is 9.35 Å². The van der Waals surface area contributed by atoms with Crippen LogP contribution < -0.4 is 4.90 Å². The summed E-state index contributed by atoms with van der Waals surface area (Å²) in [6, 6.07) is 9.36. The zero-order chi connectivity index (χ0) is 19.5. The van der Waals surface area contributed by atoms with Crippen LogP contribution in [0.2, 0.25) is 0 Å². The first-order valence-electron chi connectivity index (χ1n) is 9.50. The van der Waals surface area contributed by atoms with Gasteiger partial charge in [0, 0.05) is 22.5 Å². The van der Waals surface area contributed by atoms with Crippen molar-refractivity contribution >= 4 is 49.9 Å². The predicted molar refractivity (Wildman–Crippen MR) is 114 cm³/mol. The molecule has 1 unspecified atom stereocenters. The SMILES string of the molecule is CN1C(=O)C2(CCCCC2)c2c1cnc1c2c(Br)cn1[S+]([O-])c1ccccc1. The highest BCUT2D eigenvalue weighted by atomic mass is 79.9. The first-order chi connectivity index (χ1) is 13.5. The molecule has 0 N–H and O–H groups in total. The highest BCUT2D eigenvalue weighted by molar-refractivity contribution is 9.10. The van der Waals surface area contributed by atoms with E-state index in [9.17, 15) is 9.35 Å². The third-order valence-corrected chi connectivity index (χ3v) is 8.01. The number of nitrogens with zero attached hydrogens (tertiary/aromatic N) is 3. The van der Waals surface area contributed by atoms with Crippen molar-refractivity contribution in [3.05, 3.63) is 52.8 Å². The Morgan fingerprint density at radius 1 is 1.18 bits per heavy atom. The van der Waals surface area contributed by atoms with Gasteiger partial charge in [0.15, 0.2) is 10.5 Å². The number of carbonyl (C=O) groups excluding carboxylic acids is 1. The monoisotopic (exact) mass is 457 g/mol. The maximum atomic E-state index is 13.3. The molecule has 3 aromatic rings. The molecule has 1 saturated carbocycles. The molecule has 2 aromatic heterocycles. The second-order valence-electron chi connectivity index (χ2n) is 7.59. The molecule has 0 bridgehead atoms. The molecule has 1 aromatic carbocycles. The van der Waals surface area contributed by atoms with E-state index in [-0.39, 0.29) is 5.91 Å². The summed E-state index contributed by atoms with van der Waals surface area (Å²) in [5.74, 6) is 0.167. The van der Waals surface area contributed by atoms with E-state index in [2.05, 4.69) is 20.9 Å². The summed E-state index contributed by atoms with van der Waals surface area (Å²) in [5.41, 5.74) is 2.11. The minimum atomic E-state index is -1.41. The number of carbonyl (C=O) groups is 1. The molecule has 7 heteroatoms. The molecule has 1 spiro atoms. The number of aromatic nitrogens is 2. The van der Waals surface area contributed by atoms with Crippen LogP contribution in [0, 0.1) is 0 Å². The van der Waals surface area contributed by atoms with E-state index in [0.29, 0.717) is 5.65 Å². The number of rotatable bonds is 2. The average molecular weight is 458 g/mol. The van der Waals surface area contributed by atoms with Crippen LogP contribution in [-0.4, -0.2) is 26.5 Å². The Hall–Kier alpha value is -1.83. The summed E-state index contributed by atoms with van der Waals surface area (Å²) >= 11 is 2.27. The van der Waals surface area contributed by atoms with Crippen LogP contribution in [0.4, 0.5) is 5.69 Å². The van der Waals surface area contributed by atoms with Crippen molar-refractivity contribution in [1.29, 1.82) is 0 Å². The standard InChI is InChI=1S/C21H20BrN3O2S/c1-24-16-12-23-19-17(18(16)21(20(24)26)10-6-3-7-11-21)15(22)13-25(19)28(27)14-8-4-2-5-9-14/h2,4-5,8-9,12-13H,3,6-7,10-11H2,1H3. The van der Waals surface area contributed by atoms with Gasteiger partial charge in [-0.3, -0.25) is 4.79 Å². The quantitative estimate of drug-likeness (QED) is 0.530. The van der Waals surface area contributed by atoms with Crippen molar-refractivity contribution in [2.45, 2.75) is 42.4 Å². The van der Waals surface area contributed by atoms with Crippen LogP contribution in [0.25, 0.3) is 11.0 Å². The maximum Gasteiger partial charge on any atom is 0.237 e. The Morgan fingerprint density at radius 3 is 2.61 bits per heavy atom. The number of fused-ring (bicyclic) bond motifs is 4. The normalized spacial score (nSPS) is 19.4. The number of pyridine rings is 1. The van der Waals surface area contributed by atoms with Crippen LogP contribution in [0.1, 0.15) is 37.7 Å². The van der Waals surface area contributed by atoms with E-state index in [1.165, 1.54) is 6.42 Å². The fraction of sp³-hybridized carbons (Fsp3) is 0.333. The van der Waals surface area contributed by atoms with E-state index >= 15 is 0 Å². The second-order valence-corrected chi connectivity index (χ2v) is 9.81. The summed E-state index contributed by atoms with van der Waals surface area (Å²) in [4.78, 5) is 20.4. The number of benzene rings is 1. The van der Waals surface area contributed by atoms with E-state index in [0.717, 1.165) is 51.7 Å². The third-order valence-electron chi connectivity index (χ3n) is 6.10. The van der Waals surface area contributed by atoms with Crippen LogP contribution >= 0.6 is 15.9 Å². The van der Waals surface area contributed by atoms with Gasteiger partial charge in [0.05, 0.1) is 23.5 Å². The summed E-state index contributed by atoms with van der Waals surface area (Å²) in [5, 5.41) is 0.918. The summed E-state index contributed by atoms with van der Waals surface area (Å²) in [7, 11) is 1.84. The van der Waals surface area contributed by atoms with Gasteiger partial charge in [-0.2, -0.15) is 0 Å². The Morgan fingerprint density at radius 2 is 1.89 bits per heavy atom. The van der Waals surface area contributed by atoms with Crippen molar-refractivity contribution in [2.75, 3.05) is 11.9 Å². The summed E-state index contributed by atoms with van der Waals surface area (Å²) < 4.78 is 15.7. The van der Waals surface area contributed by atoms with Crippen molar-refractivity contribution in [1.82, 2.24) is 8.96 Å². The second kappa shape index (κ2) is 6.61. The Balaban J connectivity index is 1.75. The van der Waals surface area contributed by atoms with E-state index in [4.69, 9.17) is 0 Å². The van der Waals surface area contributed by atoms with Crippen molar-refractivity contribution in [2.24, 2.45) is 0 Å². The lowest BCUT2D eigenvalue weighted by Gasteiger charge is -2.32. The fourth-order valence-corrected chi connectivity index (χ4v) is 6.61. The molecule has 1 atom stereocenters. The first-order valence-corrected chi connectivity index (χ1v) is 11.4. The number of hydrogen-bond acceptors (Lipinski definition) is 3. The molecule has 3 heterocycles. The van der Waals surface area contributed by atoms with Crippen molar-refractivity contribution in [3.8, 4) is 0 Å². The fourth-order valence-electron chi connectivity index (χ4n) is 4.79. The van der Waals surface area contributed by atoms with Crippen LogP contribution in [0.5, 0.6) is 0 Å². The number of likely N-dealkylation sites (N-methyl/N-ethyl adjacent to an activating group) is 1. The van der Waals surface area contributed by atoms with Gasteiger partial charge in [0.1, 0.15) is 11.4 Å². The van der Waals surface area contributed by atoms with Gasteiger partial charge in [-0.05, 0) is 40.9 Å². The smallest absolute Gasteiger partial charge is 0.237 e. The van der Waals surface area contributed by atoms with Crippen LogP contribution in [-0.2, 0) is 21.6 Å². The van der Waals surface area contributed by atoms with E-state index in [1.807, 2.05) is 43.6 Å². The van der Waals surface area contributed by atoms with Crippen LogP contribution in [0.3, 0.4) is 0 Å². The topological polar surface area (TPSA) is 61.2 Å². The first kappa shape index (κ1) is 18.2. The highest BCUT2D eigenvalue weighted by Crippen LogP contribution is 2.53. The minimum Gasteiger partial charge on any atom is -0.587 e. The van der Waals surface area contributed by atoms with Gasteiger partial charge in [0.2, 0.25) is 5.91 Å². The number of hydrogen-bond donors (Lipinski definition) is 0. The van der Waals surface area contributed by atoms with E-state index in [1.54, 1.807) is 15.1 Å². The molecule has 28 heavy (non-hydrogen) atoms. The largest absolute Gasteiger partial charge is 0.587 e. The lowest BCUT2D eigenvalue weighted by Crippen LogP contribution is -2.40. The molecule has 144 valence electrons. The molecule has 1 aliphatic heterocycles. The van der Waals surface area contributed by atoms with Gasteiger partial charge in [-0.15, -0.1) is 3.97 Å². The van der Waals surface area contributed by atoms with Gasteiger partial charge < -0.3 is 9.45 Å². The predicted octanol–water partition coefficient (Wildman–Crippen LogP) is 4.55. The summed E-state index contributed by atoms with van der Waals surface area (Å²) in [6.45, 7) is 0. The number of anilines is 1. The lowest BCUT2D eigenvalue weighted by atomic mass is 9.69. The highest BCUT2D eigenvalue weighted by Gasteiger charge is 2.51. The molecule has 1 aliphatic carbocycles. The van der Waals surface area contributed by atoms with Gasteiger partial charge in [0.25, 0.3) is 0 Å².